The maximum atomic E-state index is 13.2. The molecule has 1 aliphatic carbocycles. The number of alkyl halides is 6. The highest BCUT2D eigenvalue weighted by molar-refractivity contribution is 6.41. The van der Waals surface area contributed by atoms with Gasteiger partial charge in [0.05, 0.1) is 0 Å². The van der Waals surface area contributed by atoms with E-state index in [1.165, 1.54) is 19.3 Å². The maximum Gasteiger partial charge on any atom is 0.458 e. The van der Waals surface area contributed by atoms with Gasteiger partial charge in [-0.1, -0.05) is 55.1 Å². The summed E-state index contributed by atoms with van der Waals surface area (Å²) in [6, 6.07) is 11.6. The predicted octanol–water partition coefficient (Wildman–Crippen LogP) is 5.14. The zero-order valence-corrected chi connectivity index (χ0v) is 27.8. The second-order valence-electron chi connectivity index (χ2n) is 11.7. The van der Waals surface area contributed by atoms with Crippen molar-refractivity contribution in [3.8, 4) is 11.5 Å². The van der Waals surface area contributed by atoms with Gasteiger partial charge < -0.3 is 30.7 Å². The van der Waals surface area contributed by atoms with Crippen LogP contribution in [0.15, 0.2) is 36.4 Å². The van der Waals surface area contributed by atoms with Gasteiger partial charge in [0.2, 0.25) is 5.91 Å². The normalized spacial score (nSPS) is 14.8. The number of rotatable bonds is 14. The first-order valence-electron chi connectivity index (χ1n) is 16.0. The molecule has 276 valence electrons. The van der Waals surface area contributed by atoms with Gasteiger partial charge in [-0.05, 0) is 62.0 Å². The summed E-state index contributed by atoms with van der Waals surface area (Å²) in [5.74, 6) is -6.34. The minimum absolute atomic E-state index is 0.00440. The lowest BCUT2D eigenvalue weighted by atomic mass is 9.94. The van der Waals surface area contributed by atoms with E-state index in [0.717, 1.165) is 42.0 Å². The van der Waals surface area contributed by atoms with Gasteiger partial charge in [0.15, 0.2) is 12.4 Å². The topological polar surface area (TPSA) is 137 Å². The number of ketones is 2. The van der Waals surface area contributed by atoms with Crippen molar-refractivity contribution < 1.29 is 55.4 Å². The third kappa shape index (κ3) is 12.5. The number of anilines is 1. The van der Waals surface area contributed by atoms with Crippen LogP contribution in [-0.2, 0) is 32.0 Å². The summed E-state index contributed by atoms with van der Waals surface area (Å²) in [7, 11) is 0. The lowest BCUT2D eigenvalue weighted by molar-refractivity contribution is -0.193. The van der Waals surface area contributed by atoms with E-state index in [4.69, 9.17) is 16.3 Å². The van der Waals surface area contributed by atoms with Crippen molar-refractivity contribution in [3.05, 3.63) is 52.5 Å². The van der Waals surface area contributed by atoms with E-state index < -0.39 is 23.9 Å². The number of hydrogen-bond donors (Lipinski definition) is 4. The van der Waals surface area contributed by atoms with Gasteiger partial charge in [-0.15, -0.1) is 0 Å². The molecule has 0 atom stereocenters. The molecular weight excluding hydrogens is 698 g/mol. The number of Topliss-reactive ketones (excluding diaryl/α,β-unsaturated/α-hetero) is 2. The van der Waals surface area contributed by atoms with Crippen molar-refractivity contribution >= 4 is 40.7 Å². The Bertz CT molecular complexity index is 1460. The van der Waals surface area contributed by atoms with Gasteiger partial charge in [-0.2, -0.15) is 26.3 Å². The van der Waals surface area contributed by atoms with Crippen LogP contribution in [0.5, 0.6) is 11.5 Å². The molecule has 0 unspecified atom stereocenters. The summed E-state index contributed by atoms with van der Waals surface area (Å²) < 4.78 is 72.5. The van der Waals surface area contributed by atoms with Crippen LogP contribution in [0.2, 0.25) is 5.02 Å². The third-order valence-electron chi connectivity index (χ3n) is 8.03. The smallest absolute Gasteiger partial charge is 0.458 e. The number of aromatic hydroxyl groups is 1. The summed E-state index contributed by atoms with van der Waals surface area (Å²) in [6.07, 6.45) is -3.76. The molecule has 2 aliphatic rings. The molecule has 0 spiro atoms. The molecule has 0 radical (unpaired) electrons. The van der Waals surface area contributed by atoms with Crippen LogP contribution in [0.25, 0.3) is 0 Å². The van der Waals surface area contributed by atoms with E-state index >= 15 is 0 Å². The highest BCUT2D eigenvalue weighted by Crippen LogP contribution is 2.39. The first-order chi connectivity index (χ1) is 23.6. The number of carbonyl (C=O) groups excluding carboxylic acids is 4. The summed E-state index contributed by atoms with van der Waals surface area (Å²) >= 11 is 6.24. The Morgan fingerprint density at radius 2 is 1.46 bits per heavy atom. The highest BCUT2D eigenvalue weighted by atomic mass is 35.5. The number of nitrogens with zero attached hydrogens (tertiary/aromatic N) is 1. The van der Waals surface area contributed by atoms with Gasteiger partial charge in [-0.25, -0.2) is 0 Å². The molecule has 10 nitrogen and oxygen atoms in total. The molecule has 0 bridgehead atoms. The van der Waals surface area contributed by atoms with Crippen molar-refractivity contribution in [1.29, 1.82) is 0 Å². The molecule has 1 saturated carbocycles. The Labute approximate surface area is 289 Å². The van der Waals surface area contributed by atoms with Crippen molar-refractivity contribution in [2.24, 2.45) is 0 Å². The van der Waals surface area contributed by atoms with Crippen molar-refractivity contribution in [3.63, 3.8) is 0 Å². The van der Waals surface area contributed by atoms with Gasteiger partial charge in [0, 0.05) is 37.1 Å². The van der Waals surface area contributed by atoms with Crippen LogP contribution in [0.3, 0.4) is 0 Å². The Morgan fingerprint density at radius 3 is 2.08 bits per heavy atom. The molecule has 1 aliphatic heterocycles. The zero-order valence-electron chi connectivity index (χ0n) is 27.0. The molecule has 0 saturated heterocycles. The molecule has 2 aromatic carbocycles. The molecule has 50 heavy (non-hydrogen) atoms. The molecule has 1 heterocycles. The molecule has 2 aromatic rings. The number of hydrogen-bond acceptors (Lipinski definition) is 8. The summed E-state index contributed by atoms with van der Waals surface area (Å²) in [5, 5.41) is 20.4. The first-order valence-corrected chi connectivity index (χ1v) is 16.4. The number of amides is 2. The van der Waals surface area contributed by atoms with Crippen molar-refractivity contribution in [2.75, 3.05) is 44.6 Å². The number of carbonyl (C=O) groups is 4. The number of fused-ring (bicyclic) bond motifs is 1. The Balaban J connectivity index is 0.000000482. The van der Waals surface area contributed by atoms with Gasteiger partial charge in [0.25, 0.3) is 5.91 Å². The quantitative estimate of drug-likeness (QED) is 0.0907. The fourth-order valence-corrected chi connectivity index (χ4v) is 5.74. The number of phenols is 1. The summed E-state index contributed by atoms with van der Waals surface area (Å²) in [6.45, 7) is 3.48. The largest absolute Gasteiger partial charge is 0.506 e. The first kappa shape index (κ1) is 40.5. The van der Waals surface area contributed by atoms with E-state index in [1.54, 1.807) is 6.07 Å². The molecular formula is C33H39ClF6N4O6. The number of halogens is 7. The summed E-state index contributed by atoms with van der Waals surface area (Å²) in [5.41, 5.74) is 2.38. The summed E-state index contributed by atoms with van der Waals surface area (Å²) in [4.78, 5) is 46.1. The minimum atomic E-state index is -5.77. The van der Waals surface area contributed by atoms with Crippen LogP contribution in [0.1, 0.15) is 49.7 Å². The monoisotopic (exact) mass is 736 g/mol. The van der Waals surface area contributed by atoms with Crippen LogP contribution in [-0.4, -0.2) is 91.1 Å². The number of ether oxygens (including phenoxy) is 1. The molecule has 4 N–H and O–H groups in total. The van der Waals surface area contributed by atoms with E-state index in [9.17, 15) is 50.6 Å². The zero-order chi connectivity index (χ0) is 36.9. The predicted molar refractivity (Wildman–Crippen MR) is 172 cm³/mol. The minimum Gasteiger partial charge on any atom is -0.506 e. The fourth-order valence-electron chi connectivity index (χ4n) is 5.51. The average molecular weight is 737 g/mol. The third-order valence-corrected chi connectivity index (χ3v) is 8.40. The lowest BCUT2D eigenvalue weighted by Crippen LogP contribution is -2.45. The van der Waals surface area contributed by atoms with Crippen LogP contribution < -0.4 is 20.7 Å². The second kappa shape index (κ2) is 18.9. The van der Waals surface area contributed by atoms with E-state index in [-0.39, 0.29) is 24.2 Å². The molecule has 2 amide bonds. The Kier molecular flexibility index (Phi) is 15.3. The maximum absolute atomic E-state index is 13.2. The van der Waals surface area contributed by atoms with Crippen LogP contribution in [0, 0.1) is 0 Å². The Morgan fingerprint density at radius 1 is 0.860 bits per heavy atom. The number of nitrogens with one attached hydrogen (secondary N) is 3. The molecule has 17 heteroatoms. The average Bonchev–Trinajstić information content (AvgIpc) is 3.07. The van der Waals surface area contributed by atoms with Crippen molar-refractivity contribution in [1.82, 2.24) is 15.5 Å². The van der Waals surface area contributed by atoms with Crippen molar-refractivity contribution in [2.45, 2.75) is 69.8 Å². The number of phenolic OH excluding ortho intramolecular Hbond substituents is 1. The highest BCUT2D eigenvalue weighted by Gasteiger charge is 2.54. The van der Waals surface area contributed by atoms with Crippen LogP contribution in [0.4, 0.5) is 32.0 Å². The van der Waals surface area contributed by atoms with Gasteiger partial charge >= 0.3 is 23.9 Å². The fraction of sp³-hybridized carbons (Fsp3) is 0.515. The van der Waals surface area contributed by atoms with E-state index in [0.29, 0.717) is 56.5 Å². The molecule has 1 fully saturated rings. The number of benzene rings is 2. The van der Waals surface area contributed by atoms with E-state index in [1.807, 2.05) is 30.3 Å². The molecule has 0 aromatic heterocycles. The second-order valence-corrected chi connectivity index (χ2v) is 12.1. The SMILES string of the molecule is O=C(C(=O)C(F)(F)F)C(F)(F)F.O=C1COc2c(CCNCCN(C(=O)CCNCCc3ccccc3Cl)C3CCCCC3)ccc(O)c2N1. The molecule has 4 rings (SSSR count). The van der Waals surface area contributed by atoms with Gasteiger partial charge in [0.1, 0.15) is 11.4 Å². The Hall–Kier alpha value is -3.89. The van der Waals surface area contributed by atoms with Crippen LogP contribution >= 0.6 is 11.6 Å². The van der Waals surface area contributed by atoms with E-state index in [2.05, 4.69) is 20.9 Å². The standard InChI is InChI=1S/C29H39ClN4O4.C4F6O2/c30-24-9-5-4-6-21(24)12-15-31-17-14-27(37)34(23-7-2-1-3-8-23)19-18-32-16-13-22-10-11-25(35)28-29(22)38-20-26(36)33-28;5-3(6,7)1(11)2(12)4(8,9)10/h4-6,9-11,23,31-32,35H,1-3,7-8,12-20H2,(H,33,36);. The lowest BCUT2D eigenvalue weighted by Gasteiger charge is -2.34. The van der Waals surface area contributed by atoms with Gasteiger partial charge in [-0.3, -0.25) is 19.2 Å².